The van der Waals surface area contributed by atoms with Crippen molar-refractivity contribution in [3.05, 3.63) is 19.1 Å². The molecule has 0 unspecified atom stereocenters. The van der Waals surface area contributed by atoms with E-state index in [-0.39, 0.29) is 34.1 Å². The normalized spacial score (nSPS) is 6.09. The molecule has 0 aliphatic rings. The first-order valence-corrected chi connectivity index (χ1v) is 3.98. The molecular formula is C10H24Y-2. The summed E-state index contributed by atoms with van der Waals surface area (Å²) in [5.41, 5.74) is 0. The zero-order valence-corrected chi connectivity index (χ0v) is 11.7. The van der Waals surface area contributed by atoms with Gasteiger partial charge in [0.05, 0.1) is 0 Å². The van der Waals surface area contributed by atoms with Crippen LogP contribution in [-0.2, 0) is 32.7 Å². The predicted octanol–water partition coefficient (Wildman–Crippen LogP) is 4.13. The van der Waals surface area contributed by atoms with E-state index in [9.17, 15) is 0 Å². The van der Waals surface area contributed by atoms with Gasteiger partial charge in [0.1, 0.15) is 0 Å². The van der Waals surface area contributed by atoms with Crippen LogP contribution >= 0.6 is 0 Å². The van der Waals surface area contributed by atoms with Crippen LogP contribution in [-0.4, -0.2) is 0 Å². The predicted molar refractivity (Wildman–Crippen MR) is 52.8 cm³/mol. The average Bonchev–Trinajstić information content (AvgIpc) is 1.94. The molecule has 0 spiro atoms. The molecule has 0 nitrogen and oxygen atoms in total. The maximum atomic E-state index is 5.05. The summed E-state index contributed by atoms with van der Waals surface area (Å²) in [6, 6.07) is 0. The van der Waals surface area contributed by atoms with E-state index in [4.69, 9.17) is 6.58 Å². The Morgan fingerprint density at radius 3 is 1.36 bits per heavy atom. The molecule has 1 heteroatoms. The summed E-state index contributed by atoms with van der Waals surface area (Å²) >= 11 is 0. The van der Waals surface area contributed by atoms with E-state index in [2.05, 4.69) is 0 Å². The van der Waals surface area contributed by atoms with Crippen LogP contribution in [0.2, 0.25) is 0 Å². The smallest absolute Gasteiger partial charge is 0 e. The summed E-state index contributed by atoms with van der Waals surface area (Å²) in [5, 5.41) is 0. The quantitative estimate of drug-likeness (QED) is 0.598. The van der Waals surface area contributed by atoms with Crippen LogP contribution < -0.4 is 0 Å². The molecule has 0 heterocycles. The molecule has 0 aromatic carbocycles. The van der Waals surface area contributed by atoms with Gasteiger partial charge in [0, 0.05) is 34.1 Å². The molecular weight excluding hydrogens is 209 g/mol. The van der Waals surface area contributed by atoms with Gasteiger partial charge in [-0.05, 0) is 0 Å². The van der Waals surface area contributed by atoms with Crippen LogP contribution in [0.3, 0.4) is 0 Å². The van der Waals surface area contributed by atoms with Gasteiger partial charge in [-0.1, -0.05) is 33.6 Å². The number of allylic oxidation sites excluding steroid dienone is 1. The monoisotopic (exact) mass is 234 g/mol. The van der Waals surface area contributed by atoms with Crippen molar-refractivity contribution in [3.63, 3.8) is 0 Å². The van der Waals surface area contributed by atoms with Gasteiger partial charge in [-0.3, -0.25) is 6.08 Å². The first-order chi connectivity index (χ1) is 4.68. The minimum Gasteiger partial charge on any atom is -0.518 e. The fourth-order valence-corrected chi connectivity index (χ4v) is 0. The summed E-state index contributed by atoms with van der Waals surface area (Å²) in [4.78, 5) is 0. The van der Waals surface area contributed by atoms with Crippen LogP contribution in [0, 0.1) is 18.9 Å². The first kappa shape index (κ1) is 22.6. The third-order valence-electron chi connectivity index (χ3n) is 0.385. The Morgan fingerprint density at radius 1 is 1.27 bits per heavy atom. The third-order valence-corrected chi connectivity index (χ3v) is 0.385. The third kappa shape index (κ3) is 105. The van der Waals surface area contributed by atoms with Crippen molar-refractivity contribution < 1.29 is 34.1 Å². The van der Waals surface area contributed by atoms with Crippen molar-refractivity contribution in [3.8, 4) is 0 Å². The van der Waals surface area contributed by atoms with E-state index in [1.54, 1.807) is 6.08 Å². The van der Waals surface area contributed by atoms with Gasteiger partial charge >= 0.3 is 0 Å². The van der Waals surface area contributed by atoms with E-state index in [0.717, 1.165) is 0 Å². The second-order valence-electron chi connectivity index (χ2n) is 2.01. The molecule has 0 aliphatic carbocycles. The van der Waals surface area contributed by atoms with Gasteiger partial charge in [0.25, 0.3) is 0 Å². The largest absolute Gasteiger partial charge is 0.518 e. The molecule has 0 aliphatic heterocycles. The molecule has 0 aromatic rings. The molecule has 0 bridgehead atoms. The zero-order valence-electron chi connectivity index (χ0n) is 8.89. The van der Waals surface area contributed by atoms with Gasteiger partial charge in [-0.25, -0.2) is 0 Å². The van der Waals surface area contributed by atoms with Crippen molar-refractivity contribution in [2.75, 3.05) is 0 Å². The molecule has 0 atom stereocenters. The fourth-order valence-electron chi connectivity index (χ4n) is 0. The van der Waals surface area contributed by atoms with Gasteiger partial charge in [-0.2, -0.15) is 13.8 Å². The summed E-state index contributed by atoms with van der Waals surface area (Å²) in [5.74, 6) is 0.537. The average molecular weight is 234 g/mol. The van der Waals surface area contributed by atoms with Crippen molar-refractivity contribution in [2.24, 2.45) is 5.92 Å². The van der Waals surface area contributed by atoms with E-state index >= 15 is 0 Å². The Hall–Kier alpha value is 0.844. The second kappa shape index (κ2) is 30.8. The van der Waals surface area contributed by atoms with Gasteiger partial charge in [0.2, 0.25) is 0 Å². The molecule has 0 saturated carbocycles. The van der Waals surface area contributed by atoms with Crippen LogP contribution in [0.5, 0.6) is 0 Å². The maximum Gasteiger partial charge on any atom is 0 e. The molecule has 0 rings (SSSR count). The van der Waals surface area contributed by atoms with E-state index in [1.165, 1.54) is 0 Å². The Morgan fingerprint density at radius 2 is 1.36 bits per heavy atom. The Balaban J connectivity index is -0.0000000209. The molecule has 0 saturated heterocycles. The molecule has 0 N–H and O–H groups in total. The summed E-state index contributed by atoms with van der Waals surface area (Å²) in [7, 11) is 0. The minimum absolute atomic E-state index is 0. The van der Waals surface area contributed by atoms with E-state index in [0.29, 0.717) is 5.92 Å². The Kier molecular flexibility index (Phi) is 63.3. The Labute approximate surface area is 100 Å². The van der Waals surface area contributed by atoms with Crippen molar-refractivity contribution >= 4 is 0 Å². The van der Waals surface area contributed by atoms with Gasteiger partial charge < -0.3 is 13.0 Å². The topological polar surface area (TPSA) is 0 Å². The number of hydrogen-bond donors (Lipinski definition) is 0. The van der Waals surface area contributed by atoms with Crippen molar-refractivity contribution in [1.82, 2.24) is 0 Å². The fraction of sp³-hybridized carbons (Fsp3) is 0.700. The minimum atomic E-state index is 0. The summed E-state index contributed by atoms with van der Waals surface area (Å²) in [6.07, 6.45) is 3.67. The second-order valence-corrected chi connectivity index (χ2v) is 2.01. The zero-order chi connectivity index (χ0) is 8.99. The molecule has 0 aromatic heterocycles. The number of hydrogen-bond acceptors (Lipinski definition) is 0. The van der Waals surface area contributed by atoms with Crippen molar-refractivity contribution in [2.45, 2.75) is 41.5 Å². The molecule has 69 valence electrons. The van der Waals surface area contributed by atoms with E-state index < -0.39 is 0 Å². The summed E-state index contributed by atoms with van der Waals surface area (Å²) < 4.78 is 0. The van der Waals surface area contributed by atoms with Crippen LogP contribution in [0.4, 0.5) is 0 Å². The van der Waals surface area contributed by atoms with Gasteiger partial charge in [0.15, 0.2) is 0 Å². The molecule has 0 amide bonds. The first-order valence-electron chi connectivity index (χ1n) is 3.98. The standard InChI is InChI=1S/C5H9.C3H7.C2H6.Y.H2/c1-4-5(2)3;1-3-2;1-2;;/h1,4-5H,2-3H3;3H,1-2H3;1-2H3;;1H/q2*-1;;;/i;;;;1+1. The number of rotatable bonds is 1. The molecule has 0 fully saturated rings. The maximum absolute atomic E-state index is 5.05. The molecule has 1 radical (unpaired) electrons. The van der Waals surface area contributed by atoms with Crippen LogP contribution in [0.15, 0.2) is 6.08 Å². The van der Waals surface area contributed by atoms with Gasteiger partial charge in [-0.15, -0.1) is 0 Å². The molecule has 11 heavy (non-hydrogen) atoms. The van der Waals surface area contributed by atoms with Crippen LogP contribution in [0.1, 0.15) is 43.0 Å². The van der Waals surface area contributed by atoms with Crippen LogP contribution in [0.25, 0.3) is 0 Å². The summed E-state index contributed by atoms with van der Waals surface area (Å²) in [6.45, 7) is 17.1. The van der Waals surface area contributed by atoms with Crippen molar-refractivity contribution in [1.29, 1.82) is 0 Å². The Bertz CT molecular complexity index is 45.1. The van der Waals surface area contributed by atoms with E-state index in [1.807, 2.05) is 48.0 Å². The SMILES string of the molecule is CC.C[CH-]C.[2HH].[CH-]=CC(C)C.[Y].